The maximum Gasteiger partial charge on any atom is 0.285 e. The lowest BCUT2D eigenvalue weighted by atomic mass is 10.1. The first-order valence-corrected chi connectivity index (χ1v) is 5.11. The normalized spacial score (nSPS) is 10.0. The van der Waals surface area contributed by atoms with Gasteiger partial charge in [0.2, 0.25) is 0 Å². The van der Waals surface area contributed by atoms with Crippen molar-refractivity contribution >= 4 is 5.91 Å². The van der Waals surface area contributed by atoms with E-state index in [9.17, 15) is 4.79 Å². The van der Waals surface area contributed by atoms with Crippen LogP contribution in [-0.2, 0) is 0 Å². The Kier molecular flexibility index (Phi) is 3.11. The molecular weight excluding hydrogens is 216 g/mol. The Morgan fingerprint density at radius 2 is 2.06 bits per heavy atom. The van der Waals surface area contributed by atoms with E-state index < -0.39 is 5.91 Å². The third-order valence-electron chi connectivity index (χ3n) is 2.42. The zero-order valence-electron chi connectivity index (χ0n) is 9.34. The lowest BCUT2D eigenvalue weighted by molar-refractivity contribution is 0.0948. The van der Waals surface area contributed by atoms with E-state index >= 15 is 0 Å². The number of nitrogens with zero attached hydrogens (tertiary/aromatic N) is 2. The van der Waals surface area contributed by atoms with Gasteiger partial charge in [-0.2, -0.15) is 0 Å². The van der Waals surface area contributed by atoms with Crippen LogP contribution in [0, 0.1) is 6.92 Å². The molecule has 3 N–H and O–H groups in total. The maximum absolute atomic E-state index is 11.3. The van der Waals surface area contributed by atoms with Crippen LogP contribution in [0.2, 0.25) is 0 Å². The lowest BCUT2D eigenvalue weighted by Gasteiger charge is -2.05. The van der Waals surface area contributed by atoms with Crippen LogP contribution >= 0.6 is 0 Å². The van der Waals surface area contributed by atoms with Crippen molar-refractivity contribution < 1.29 is 4.79 Å². The Bertz CT molecular complexity index is 554. The molecule has 5 heteroatoms. The molecule has 0 saturated carbocycles. The van der Waals surface area contributed by atoms with E-state index in [1.54, 1.807) is 6.20 Å². The second-order valence-electron chi connectivity index (χ2n) is 3.58. The average Bonchev–Trinajstić information content (AvgIpc) is 2.38. The summed E-state index contributed by atoms with van der Waals surface area (Å²) in [6, 6.07) is 7.78. The number of carbonyl (C=O) groups excluding carboxylic acids is 1. The van der Waals surface area contributed by atoms with Gasteiger partial charge in [0.25, 0.3) is 5.91 Å². The monoisotopic (exact) mass is 228 g/mol. The van der Waals surface area contributed by atoms with Crippen LogP contribution in [-0.4, -0.2) is 15.9 Å². The van der Waals surface area contributed by atoms with Gasteiger partial charge in [0.05, 0.1) is 18.1 Å². The van der Waals surface area contributed by atoms with Gasteiger partial charge in [0.1, 0.15) is 5.69 Å². The zero-order chi connectivity index (χ0) is 12.3. The van der Waals surface area contributed by atoms with Crippen LogP contribution < -0.4 is 11.3 Å². The molecule has 86 valence electrons. The van der Waals surface area contributed by atoms with Gasteiger partial charge >= 0.3 is 0 Å². The molecule has 0 atom stereocenters. The number of nitrogens with one attached hydrogen (secondary N) is 1. The summed E-state index contributed by atoms with van der Waals surface area (Å²) in [6.45, 7) is 1.98. The SMILES string of the molecule is Cc1ccccc1-c1cncc(C(=O)NN)n1. The number of rotatable bonds is 2. The smallest absolute Gasteiger partial charge is 0.285 e. The van der Waals surface area contributed by atoms with Gasteiger partial charge in [-0.15, -0.1) is 0 Å². The topological polar surface area (TPSA) is 80.9 Å². The summed E-state index contributed by atoms with van der Waals surface area (Å²) in [5.74, 6) is 4.60. The largest absolute Gasteiger partial charge is 0.289 e. The molecule has 1 aromatic carbocycles. The van der Waals surface area contributed by atoms with E-state index in [0.717, 1.165) is 11.1 Å². The third kappa shape index (κ3) is 2.29. The summed E-state index contributed by atoms with van der Waals surface area (Å²) < 4.78 is 0. The van der Waals surface area contributed by atoms with Crippen LogP contribution in [0.3, 0.4) is 0 Å². The molecule has 1 aromatic heterocycles. The minimum absolute atomic E-state index is 0.202. The Morgan fingerprint density at radius 3 is 2.76 bits per heavy atom. The molecule has 0 aliphatic carbocycles. The predicted molar refractivity (Wildman–Crippen MR) is 63.9 cm³/mol. The van der Waals surface area contributed by atoms with Crippen molar-refractivity contribution in [3.05, 3.63) is 47.9 Å². The Hall–Kier alpha value is -2.27. The number of nitrogen functional groups attached to an aromatic ring is 1. The van der Waals surface area contributed by atoms with E-state index in [4.69, 9.17) is 5.84 Å². The third-order valence-corrected chi connectivity index (χ3v) is 2.42. The average molecular weight is 228 g/mol. The van der Waals surface area contributed by atoms with Crippen molar-refractivity contribution in [3.8, 4) is 11.3 Å². The molecule has 0 unspecified atom stereocenters. The summed E-state index contributed by atoms with van der Waals surface area (Å²) in [4.78, 5) is 19.6. The number of nitrogens with two attached hydrogens (primary N) is 1. The molecule has 2 aromatic rings. The van der Waals surface area contributed by atoms with Crippen molar-refractivity contribution in [2.75, 3.05) is 0 Å². The Balaban J connectivity index is 2.47. The molecule has 0 spiro atoms. The summed E-state index contributed by atoms with van der Waals surface area (Å²) in [5.41, 5.74) is 4.92. The van der Waals surface area contributed by atoms with E-state index in [2.05, 4.69) is 9.97 Å². The predicted octanol–water partition coefficient (Wildman–Crippen LogP) is 1.06. The standard InChI is InChI=1S/C12H12N4O/c1-8-4-2-3-5-9(8)10-6-14-7-11(15-10)12(17)16-13/h2-7H,13H2,1H3,(H,16,17). The molecule has 1 heterocycles. The van der Waals surface area contributed by atoms with Gasteiger partial charge in [0, 0.05) is 5.56 Å². The van der Waals surface area contributed by atoms with Crippen molar-refractivity contribution in [2.24, 2.45) is 5.84 Å². The summed E-state index contributed by atoms with van der Waals surface area (Å²) in [5, 5.41) is 0. The van der Waals surface area contributed by atoms with Crippen molar-refractivity contribution in [3.63, 3.8) is 0 Å². The minimum atomic E-state index is -0.451. The first-order valence-electron chi connectivity index (χ1n) is 5.11. The summed E-state index contributed by atoms with van der Waals surface area (Å²) in [6.07, 6.45) is 3.00. The highest BCUT2D eigenvalue weighted by Crippen LogP contribution is 2.20. The molecule has 2 rings (SSSR count). The number of aryl methyl sites for hydroxylation is 1. The second-order valence-corrected chi connectivity index (χ2v) is 3.58. The van der Waals surface area contributed by atoms with Gasteiger partial charge in [-0.1, -0.05) is 24.3 Å². The fourth-order valence-electron chi connectivity index (χ4n) is 1.54. The van der Waals surface area contributed by atoms with Crippen molar-refractivity contribution in [2.45, 2.75) is 6.92 Å². The van der Waals surface area contributed by atoms with Gasteiger partial charge in [0.15, 0.2) is 0 Å². The second kappa shape index (κ2) is 4.71. The van der Waals surface area contributed by atoms with Crippen LogP contribution in [0.1, 0.15) is 16.1 Å². The van der Waals surface area contributed by atoms with Crippen molar-refractivity contribution in [1.82, 2.24) is 15.4 Å². The Morgan fingerprint density at radius 1 is 1.29 bits per heavy atom. The summed E-state index contributed by atoms with van der Waals surface area (Å²) >= 11 is 0. The highest BCUT2D eigenvalue weighted by molar-refractivity contribution is 5.92. The quantitative estimate of drug-likeness (QED) is 0.457. The highest BCUT2D eigenvalue weighted by atomic mass is 16.2. The molecule has 5 nitrogen and oxygen atoms in total. The van der Waals surface area contributed by atoms with Gasteiger partial charge < -0.3 is 0 Å². The first-order chi connectivity index (χ1) is 8.22. The Labute approximate surface area is 98.7 Å². The van der Waals surface area contributed by atoms with Crippen LogP contribution in [0.4, 0.5) is 0 Å². The van der Waals surface area contributed by atoms with E-state index in [1.165, 1.54) is 6.20 Å². The van der Waals surface area contributed by atoms with Gasteiger partial charge in [-0.25, -0.2) is 10.8 Å². The van der Waals surface area contributed by atoms with Crippen LogP contribution in [0.15, 0.2) is 36.7 Å². The molecule has 0 saturated heterocycles. The number of amides is 1. The summed E-state index contributed by atoms with van der Waals surface area (Å²) in [7, 11) is 0. The van der Waals surface area contributed by atoms with Crippen LogP contribution in [0.25, 0.3) is 11.3 Å². The molecule has 0 aliphatic heterocycles. The highest BCUT2D eigenvalue weighted by Gasteiger charge is 2.09. The number of benzene rings is 1. The molecular formula is C12H12N4O. The first kappa shape index (κ1) is 11.2. The number of hydrogen-bond donors (Lipinski definition) is 2. The molecule has 0 aliphatic rings. The number of aromatic nitrogens is 2. The van der Waals surface area contributed by atoms with Crippen LogP contribution in [0.5, 0.6) is 0 Å². The zero-order valence-corrected chi connectivity index (χ0v) is 9.34. The fourth-order valence-corrected chi connectivity index (χ4v) is 1.54. The minimum Gasteiger partial charge on any atom is -0.289 e. The number of carbonyl (C=O) groups is 1. The van der Waals surface area contributed by atoms with E-state index in [0.29, 0.717) is 5.69 Å². The molecule has 0 bridgehead atoms. The molecule has 17 heavy (non-hydrogen) atoms. The molecule has 1 amide bonds. The number of hydrazine groups is 1. The van der Waals surface area contributed by atoms with Gasteiger partial charge in [-0.05, 0) is 12.5 Å². The van der Waals surface area contributed by atoms with E-state index in [1.807, 2.05) is 36.6 Å². The fraction of sp³-hybridized carbons (Fsp3) is 0.0833. The lowest BCUT2D eigenvalue weighted by Crippen LogP contribution is -2.30. The maximum atomic E-state index is 11.3. The molecule has 0 radical (unpaired) electrons. The van der Waals surface area contributed by atoms with Gasteiger partial charge in [-0.3, -0.25) is 15.2 Å². The van der Waals surface area contributed by atoms with Crippen molar-refractivity contribution in [1.29, 1.82) is 0 Å². The number of hydrogen-bond acceptors (Lipinski definition) is 4. The van der Waals surface area contributed by atoms with E-state index in [-0.39, 0.29) is 5.69 Å². The molecule has 0 fully saturated rings.